The lowest BCUT2D eigenvalue weighted by molar-refractivity contribution is 0.0936. The van der Waals surface area contributed by atoms with Crippen LogP contribution in [0.5, 0.6) is 0 Å². The van der Waals surface area contributed by atoms with E-state index in [9.17, 15) is 4.79 Å². The largest absolute Gasteiger partial charge is 0.383 e. The molecule has 0 aliphatic carbocycles. The van der Waals surface area contributed by atoms with E-state index in [4.69, 9.17) is 9.72 Å². The molecule has 7 nitrogen and oxygen atoms in total. The minimum absolute atomic E-state index is 0.174. The van der Waals surface area contributed by atoms with Gasteiger partial charge in [-0.3, -0.25) is 4.79 Å². The molecule has 2 heterocycles. The molecule has 1 N–H and O–H groups in total. The van der Waals surface area contributed by atoms with Gasteiger partial charge in [-0.1, -0.05) is 23.8 Å². The summed E-state index contributed by atoms with van der Waals surface area (Å²) >= 11 is 0. The molecule has 0 atom stereocenters. The van der Waals surface area contributed by atoms with Crippen LogP contribution in [0.3, 0.4) is 0 Å². The van der Waals surface area contributed by atoms with E-state index in [1.807, 2.05) is 32.2 Å². The number of amides is 1. The zero-order chi connectivity index (χ0) is 20.8. The van der Waals surface area contributed by atoms with Gasteiger partial charge < -0.3 is 19.9 Å². The van der Waals surface area contributed by atoms with Crippen molar-refractivity contribution in [3.05, 3.63) is 41.6 Å². The minimum Gasteiger partial charge on any atom is -0.383 e. The Balaban J connectivity index is 1.93. The van der Waals surface area contributed by atoms with Crippen molar-refractivity contribution in [2.45, 2.75) is 25.8 Å². The van der Waals surface area contributed by atoms with E-state index >= 15 is 0 Å². The average Bonchev–Trinajstić information content (AvgIpc) is 2.73. The van der Waals surface area contributed by atoms with Gasteiger partial charge in [-0.25, -0.2) is 9.97 Å². The lowest BCUT2D eigenvalue weighted by Crippen LogP contribution is -2.43. The fourth-order valence-corrected chi connectivity index (χ4v) is 3.64. The molecule has 0 radical (unpaired) electrons. The molecule has 156 valence electrons. The number of likely N-dealkylation sites (tertiary alicyclic amines) is 1. The molecule has 0 saturated carbocycles. The SMILES string of the molecule is COCCNC(=O)c1cnc(-c2cccc(C)c2)nc1N(C)C1CCN(C)CC1. The van der Waals surface area contributed by atoms with E-state index in [1.54, 1.807) is 13.3 Å². The van der Waals surface area contributed by atoms with E-state index in [0.29, 0.717) is 36.4 Å². The molecule has 29 heavy (non-hydrogen) atoms. The van der Waals surface area contributed by atoms with E-state index in [1.165, 1.54) is 0 Å². The summed E-state index contributed by atoms with van der Waals surface area (Å²) in [4.78, 5) is 26.6. The highest BCUT2D eigenvalue weighted by molar-refractivity contribution is 5.99. The quantitative estimate of drug-likeness (QED) is 0.724. The van der Waals surface area contributed by atoms with Crippen LogP contribution >= 0.6 is 0 Å². The predicted octanol–water partition coefficient (Wildman–Crippen LogP) is 2.36. The zero-order valence-electron chi connectivity index (χ0n) is 17.8. The smallest absolute Gasteiger partial charge is 0.256 e. The summed E-state index contributed by atoms with van der Waals surface area (Å²) < 4.78 is 5.04. The minimum atomic E-state index is -0.174. The molecule has 0 unspecified atom stereocenters. The lowest BCUT2D eigenvalue weighted by atomic mass is 10.0. The van der Waals surface area contributed by atoms with Crippen LogP contribution in [0.2, 0.25) is 0 Å². The molecular weight excluding hydrogens is 366 g/mol. The van der Waals surface area contributed by atoms with Crippen molar-refractivity contribution in [2.24, 2.45) is 0 Å². The van der Waals surface area contributed by atoms with Crippen molar-refractivity contribution >= 4 is 11.7 Å². The van der Waals surface area contributed by atoms with Crippen LogP contribution in [0.25, 0.3) is 11.4 Å². The molecule has 0 spiro atoms. The second-order valence-electron chi connectivity index (χ2n) is 7.69. The van der Waals surface area contributed by atoms with Crippen molar-refractivity contribution in [2.75, 3.05) is 52.3 Å². The summed E-state index contributed by atoms with van der Waals surface area (Å²) in [6.07, 6.45) is 3.73. The van der Waals surface area contributed by atoms with E-state index in [0.717, 1.165) is 37.1 Å². The Morgan fingerprint density at radius 3 is 2.79 bits per heavy atom. The molecule has 2 aromatic rings. The Morgan fingerprint density at radius 2 is 2.10 bits per heavy atom. The van der Waals surface area contributed by atoms with Gasteiger partial charge in [-0.05, 0) is 46.0 Å². The number of anilines is 1. The number of hydrogen-bond donors (Lipinski definition) is 1. The molecule has 3 rings (SSSR count). The second kappa shape index (κ2) is 9.80. The Bertz CT molecular complexity index is 834. The highest BCUT2D eigenvalue weighted by Crippen LogP contribution is 2.26. The topological polar surface area (TPSA) is 70.6 Å². The van der Waals surface area contributed by atoms with Gasteiger partial charge in [0.15, 0.2) is 5.82 Å². The summed E-state index contributed by atoms with van der Waals surface area (Å²) in [5, 5.41) is 2.89. The first-order chi connectivity index (χ1) is 14.0. The molecule has 1 amide bonds. The highest BCUT2D eigenvalue weighted by Gasteiger charge is 2.26. The summed E-state index contributed by atoms with van der Waals surface area (Å²) in [5.74, 6) is 1.14. The molecule has 1 aliphatic rings. The van der Waals surface area contributed by atoms with E-state index < -0.39 is 0 Å². The maximum absolute atomic E-state index is 12.8. The number of benzene rings is 1. The zero-order valence-corrected chi connectivity index (χ0v) is 17.8. The number of methoxy groups -OCH3 is 1. The van der Waals surface area contributed by atoms with Crippen LogP contribution in [0.15, 0.2) is 30.5 Å². The Kier molecular flexibility index (Phi) is 7.17. The van der Waals surface area contributed by atoms with Gasteiger partial charge in [0.25, 0.3) is 5.91 Å². The Morgan fingerprint density at radius 1 is 1.34 bits per heavy atom. The van der Waals surface area contributed by atoms with Crippen molar-refractivity contribution in [3.8, 4) is 11.4 Å². The number of rotatable bonds is 7. The molecule has 1 aromatic carbocycles. The number of piperidine rings is 1. The fraction of sp³-hybridized carbons (Fsp3) is 0.500. The summed E-state index contributed by atoms with van der Waals surface area (Å²) in [5.41, 5.74) is 2.60. The first-order valence-corrected chi connectivity index (χ1v) is 10.1. The fourth-order valence-electron chi connectivity index (χ4n) is 3.64. The van der Waals surface area contributed by atoms with Gasteiger partial charge in [-0.15, -0.1) is 0 Å². The third-order valence-corrected chi connectivity index (χ3v) is 5.45. The lowest BCUT2D eigenvalue weighted by Gasteiger charge is -2.36. The maximum Gasteiger partial charge on any atom is 0.256 e. The van der Waals surface area contributed by atoms with Crippen molar-refractivity contribution in [1.82, 2.24) is 20.2 Å². The number of hydrogen-bond acceptors (Lipinski definition) is 6. The van der Waals surface area contributed by atoms with Gasteiger partial charge in [0.1, 0.15) is 11.4 Å². The van der Waals surface area contributed by atoms with Crippen LogP contribution < -0.4 is 10.2 Å². The van der Waals surface area contributed by atoms with Crippen LogP contribution in [-0.2, 0) is 4.74 Å². The van der Waals surface area contributed by atoms with Gasteiger partial charge in [0, 0.05) is 38.5 Å². The van der Waals surface area contributed by atoms with Gasteiger partial charge in [-0.2, -0.15) is 0 Å². The molecule has 1 saturated heterocycles. The summed E-state index contributed by atoms with van der Waals surface area (Å²) in [6.45, 7) is 5.05. The van der Waals surface area contributed by atoms with Gasteiger partial charge in [0.2, 0.25) is 0 Å². The number of aryl methyl sites for hydroxylation is 1. The van der Waals surface area contributed by atoms with E-state index in [2.05, 4.69) is 33.2 Å². The maximum atomic E-state index is 12.8. The second-order valence-corrected chi connectivity index (χ2v) is 7.69. The number of ether oxygens (including phenoxy) is 1. The first-order valence-electron chi connectivity index (χ1n) is 10.1. The number of nitrogens with one attached hydrogen (secondary N) is 1. The van der Waals surface area contributed by atoms with E-state index in [-0.39, 0.29) is 5.91 Å². The predicted molar refractivity (Wildman–Crippen MR) is 115 cm³/mol. The van der Waals surface area contributed by atoms with Gasteiger partial charge in [0.05, 0.1) is 6.61 Å². The normalized spacial score (nSPS) is 15.3. The molecule has 0 bridgehead atoms. The van der Waals surface area contributed by atoms with Crippen LogP contribution in [0.1, 0.15) is 28.8 Å². The third-order valence-electron chi connectivity index (χ3n) is 5.45. The van der Waals surface area contributed by atoms with Crippen LogP contribution in [0, 0.1) is 6.92 Å². The molecular formula is C22H31N5O2. The number of aromatic nitrogens is 2. The van der Waals surface area contributed by atoms with Crippen LogP contribution in [-0.4, -0.2) is 74.3 Å². The first kappa shape index (κ1) is 21.2. The number of nitrogens with zero attached hydrogens (tertiary/aromatic N) is 4. The standard InChI is InChI=1S/C22H31N5O2/c1-16-6-5-7-17(14-16)20-24-15-19(22(28)23-10-13-29-4)21(25-20)27(3)18-8-11-26(2)12-9-18/h5-7,14-15,18H,8-13H2,1-4H3,(H,23,28). The highest BCUT2D eigenvalue weighted by atomic mass is 16.5. The Labute approximate surface area is 173 Å². The summed E-state index contributed by atoms with van der Waals surface area (Å²) in [6, 6.07) is 8.46. The van der Waals surface area contributed by atoms with Crippen molar-refractivity contribution in [3.63, 3.8) is 0 Å². The number of carbonyl (C=O) groups excluding carboxylic acids is 1. The monoisotopic (exact) mass is 397 g/mol. The van der Waals surface area contributed by atoms with Crippen molar-refractivity contribution < 1.29 is 9.53 Å². The Hall–Kier alpha value is -2.51. The van der Waals surface area contributed by atoms with Crippen molar-refractivity contribution in [1.29, 1.82) is 0 Å². The summed E-state index contributed by atoms with van der Waals surface area (Å²) in [7, 11) is 5.79. The molecule has 1 aromatic heterocycles. The van der Waals surface area contributed by atoms with Gasteiger partial charge >= 0.3 is 0 Å². The average molecular weight is 398 g/mol. The molecule has 1 fully saturated rings. The van der Waals surface area contributed by atoms with Crippen LogP contribution in [0.4, 0.5) is 5.82 Å². The number of carbonyl (C=O) groups is 1. The third kappa shape index (κ3) is 5.31. The molecule has 7 heteroatoms. The molecule has 1 aliphatic heterocycles.